The van der Waals surface area contributed by atoms with Crippen molar-refractivity contribution in [2.45, 2.75) is 19.9 Å². The molecule has 0 fully saturated rings. The Labute approximate surface area is 120 Å². The minimum atomic E-state index is -1.15. The summed E-state index contributed by atoms with van der Waals surface area (Å²) < 4.78 is 0. The Morgan fingerprint density at radius 3 is 2.29 bits per heavy atom. The van der Waals surface area contributed by atoms with Gasteiger partial charge in [0.1, 0.15) is 6.42 Å². The van der Waals surface area contributed by atoms with Crippen LogP contribution in [0, 0.1) is 6.92 Å². The number of hydrogen-bond acceptors (Lipinski definition) is 6. The summed E-state index contributed by atoms with van der Waals surface area (Å²) >= 11 is 0. The van der Waals surface area contributed by atoms with Crippen LogP contribution in [0.1, 0.15) is 17.8 Å². The van der Waals surface area contributed by atoms with Crippen LogP contribution < -0.4 is 5.32 Å². The molecule has 1 amide bonds. The van der Waals surface area contributed by atoms with Gasteiger partial charge in [0.15, 0.2) is 5.82 Å². The molecule has 2 N–H and O–H groups in total. The molecule has 2 aromatic rings. The standard InChI is InChI=1S/C13H13N5O3/c1-8-15-17-13(18-16-8)10-4-2-9(3-5-10)7-14-11(19)6-12(20)21/h2-5H,6-7H2,1H3,(H,14,19)(H,20,21). The molecule has 108 valence electrons. The van der Waals surface area contributed by atoms with Crippen LogP contribution in [-0.4, -0.2) is 37.4 Å². The summed E-state index contributed by atoms with van der Waals surface area (Å²) in [5.74, 6) is -0.764. The quantitative estimate of drug-likeness (QED) is 0.761. The van der Waals surface area contributed by atoms with Crippen molar-refractivity contribution in [1.29, 1.82) is 0 Å². The Balaban J connectivity index is 1.97. The number of aromatic nitrogens is 4. The lowest BCUT2D eigenvalue weighted by molar-refractivity contribution is -0.140. The van der Waals surface area contributed by atoms with Gasteiger partial charge in [0.05, 0.1) is 0 Å². The van der Waals surface area contributed by atoms with Gasteiger partial charge in [-0.2, -0.15) is 0 Å². The highest BCUT2D eigenvalue weighted by molar-refractivity contribution is 5.93. The number of aryl methyl sites for hydroxylation is 1. The van der Waals surface area contributed by atoms with E-state index in [-0.39, 0.29) is 6.54 Å². The lowest BCUT2D eigenvalue weighted by Gasteiger charge is -2.04. The summed E-state index contributed by atoms with van der Waals surface area (Å²) in [6.45, 7) is 1.96. The van der Waals surface area contributed by atoms with E-state index >= 15 is 0 Å². The van der Waals surface area contributed by atoms with Crippen LogP contribution in [0.25, 0.3) is 11.4 Å². The predicted octanol–water partition coefficient (Wildman–Crippen LogP) is 0.333. The first-order valence-corrected chi connectivity index (χ1v) is 6.16. The summed E-state index contributed by atoms with van der Waals surface area (Å²) in [4.78, 5) is 21.6. The van der Waals surface area contributed by atoms with Crippen molar-refractivity contribution in [2.75, 3.05) is 0 Å². The fraction of sp³-hybridized carbons (Fsp3) is 0.231. The van der Waals surface area contributed by atoms with E-state index in [1.165, 1.54) is 0 Å². The molecule has 0 aliphatic rings. The van der Waals surface area contributed by atoms with Gasteiger partial charge in [-0.05, 0) is 12.5 Å². The second kappa shape index (κ2) is 6.51. The number of nitrogens with one attached hydrogen (secondary N) is 1. The summed E-state index contributed by atoms with van der Waals surface area (Å²) in [6.07, 6.45) is -0.535. The van der Waals surface area contributed by atoms with Crippen molar-refractivity contribution >= 4 is 11.9 Å². The molecular formula is C13H13N5O3. The van der Waals surface area contributed by atoms with Crippen LogP contribution in [0.5, 0.6) is 0 Å². The van der Waals surface area contributed by atoms with E-state index in [0.717, 1.165) is 11.1 Å². The zero-order valence-corrected chi connectivity index (χ0v) is 11.3. The third-order valence-corrected chi connectivity index (χ3v) is 2.59. The van der Waals surface area contributed by atoms with Gasteiger partial charge in [-0.25, -0.2) is 0 Å². The molecule has 0 unspecified atom stereocenters. The molecular weight excluding hydrogens is 274 g/mol. The molecule has 8 heteroatoms. The topological polar surface area (TPSA) is 118 Å². The van der Waals surface area contributed by atoms with E-state index < -0.39 is 18.3 Å². The summed E-state index contributed by atoms with van der Waals surface area (Å²) in [5.41, 5.74) is 1.60. The predicted molar refractivity (Wildman–Crippen MR) is 71.9 cm³/mol. The molecule has 0 spiro atoms. The normalized spacial score (nSPS) is 10.1. The van der Waals surface area contributed by atoms with Crippen molar-refractivity contribution in [2.24, 2.45) is 0 Å². The highest BCUT2D eigenvalue weighted by Crippen LogP contribution is 2.13. The SMILES string of the molecule is Cc1nnc(-c2ccc(CNC(=O)CC(=O)O)cc2)nn1. The first kappa shape index (κ1) is 14.5. The van der Waals surface area contributed by atoms with Gasteiger partial charge in [0.25, 0.3) is 0 Å². The molecule has 1 heterocycles. The molecule has 0 saturated carbocycles. The van der Waals surface area contributed by atoms with Crippen LogP contribution >= 0.6 is 0 Å². The van der Waals surface area contributed by atoms with E-state index in [2.05, 4.69) is 25.7 Å². The monoisotopic (exact) mass is 287 g/mol. The number of carbonyl (C=O) groups excluding carboxylic acids is 1. The zero-order chi connectivity index (χ0) is 15.2. The van der Waals surface area contributed by atoms with Gasteiger partial charge < -0.3 is 10.4 Å². The molecule has 21 heavy (non-hydrogen) atoms. The zero-order valence-electron chi connectivity index (χ0n) is 11.3. The van der Waals surface area contributed by atoms with Gasteiger partial charge in [-0.1, -0.05) is 24.3 Å². The summed E-state index contributed by atoms with van der Waals surface area (Å²) in [7, 11) is 0. The van der Waals surface area contributed by atoms with E-state index in [1.54, 1.807) is 31.2 Å². The van der Waals surface area contributed by atoms with Crippen molar-refractivity contribution in [3.05, 3.63) is 35.7 Å². The molecule has 8 nitrogen and oxygen atoms in total. The van der Waals surface area contributed by atoms with Gasteiger partial charge in [0, 0.05) is 12.1 Å². The van der Waals surface area contributed by atoms with Crippen LogP contribution in [0.15, 0.2) is 24.3 Å². The molecule has 0 aliphatic heterocycles. The minimum Gasteiger partial charge on any atom is -0.481 e. The lowest BCUT2D eigenvalue weighted by Crippen LogP contribution is -2.24. The molecule has 0 atom stereocenters. The number of hydrogen-bond donors (Lipinski definition) is 2. The minimum absolute atomic E-state index is 0.262. The van der Waals surface area contributed by atoms with E-state index in [0.29, 0.717) is 11.6 Å². The van der Waals surface area contributed by atoms with Crippen LogP contribution in [0.3, 0.4) is 0 Å². The fourth-order valence-electron chi connectivity index (χ4n) is 1.57. The van der Waals surface area contributed by atoms with E-state index in [1.807, 2.05) is 0 Å². The highest BCUT2D eigenvalue weighted by atomic mass is 16.4. The maximum absolute atomic E-state index is 11.2. The van der Waals surface area contributed by atoms with Crippen LogP contribution in [-0.2, 0) is 16.1 Å². The molecule has 0 saturated heterocycles. The summed E-state index contributed by atoms with van der Waals surface area (Å²) in [5, 5.41) is 26.5. The van der Waals surface area contributed by atoms with Gasteiger partial charge >= 0.3 is 5.97 Å². The van der Waals surface area contributed by atoms with Crippen molar-refractivity contribution in [1.82, 2.24) is 25.7 Å². The fourth-order valence-corrected chi connectivity index (χ4v) is 1.57. The lowest BCUT2D eigenvalue weighted by atomic mass is 10.1. The molecule has 0 radical (unpaired) electrons. The number of nitrogens with zero attached hydrogens (tertiary/aromatic N) is 4. The largest absolute Gasteiger partial charge is 0.481 e. The second-order valence-electron chi connectivity index (χ2n) is 4.31. The Kier molecular flexibility index (Phi) is 4.50. The third-order valence-electron chi connectivity index (χ3n) is 2.59. The van der Waals surface area contributed by atoms with Crippen molar-refractivity contribution in [3.63, 3.8) is 0 Å². The third kappa shape index (κ3) is 4.30. The number of amides is 1. The highest BCUT2D eigenvalue weighted by Gasteiger charge is 2.07. The average Bonchev–Trinajstić information content (AvgIpc) is 2.46. The Bertz CT molecular complexity index is 640. The van der Waals surface area contributed by atoms with Gasteiger partial charge in [-0.3, -0.25) is 9.59 Å². The van der Waals surface area contributed by atoms with E-state index in [4.69, 9.17) is 5.11 Å². The van der Waals surface area contributed by atoms with Crippen LogP contribution in [0.4, 0.5) is 0 Å². The smallest absolute Gasteiger partial charge is 0.312 e. The average molecular weight is 287 g/mol. The maximum Gasteiger partial charge on any atom is 0.312 e. The van der Waals surface area contributed by atoms with Gasteiger partial charge in [-0.15, -0.1) is 20.4 Å². The first-order valence-electron chi connectivity index (χ1n) is 6.16. The molecule has 1 aromatic carbocycles. The van der Waals surface area contributed by atoms with Crippen molar-refractivity contribution < 1.29 is 14.7 Å². The Morgan fingerprint density at radius 1 is 1.10 bits per heavy atom. The number of carboxylic acids is 1. The molecule has 0 aliphatic carbocycles. The number of rotatable bonds is 5. The molecule has 1 aromatic heterocycles. The second-order valence-corrected chi connectivity index (χ2v) is 4.31. The number of aliphatic carboxylic acids is 1. The van der Waals surface area contributed by atoms with Crippen molar-refractivity contribution in [3.8, 4) is 11.4 Å². The number of benzene rings is 1. The molecule has 2 rings (SSSR count). The summed E-state index contributed by atoms with van der Waals surface area (Å²) in [6, 6.07) is 7.15. The first-order chi connectivity index (χ1) is 10.0. The molecule has 0 bridgehead atoms. The Morgan fingerprint density at radius 2 is 1.71 bits per heavy atom. The van der Waals surface area contributed by atoms with Crippen LogP contribution in [0.2, 0.25) is 0 Å². The number of carboxylic acid groups (broad SMARTS) is 1. The van der Waals surface area contributed by atoms with E-state index in [9.17, 15) is 9.59 Å². The van der Waals surface area contributed by atoms with Gasteiger partial charge in [0.2, 0.25) is 11.7 Å². The maximum atomic E-state index is 11.2. The Hall–Kier alpha value is -2.90. The number of carbonyl (C=O) groups is 2.